The van der Waals surface area contributed by atoms with Crippen molar-refractivity contribution in [1.29, 1.82) is 0 Å². The summed E-state index contributed by atoms with van der Waals surface area (Å²) in [6, 6.07) is 11.2. The van der Waals surface area contributed by atoms with Crippen LogP contribution in [0.5, 0.6) is 0 Å². The van der Waals surface area contributed by atoms with Crippen molar-refractivity contribution in [3.8, 4) is 0 Å². The van der Waals surface area contributed by atoms with Crippen molar-refractivity contribution in [2.75, 3.05) is 43.9 Å². The monoisotopic (exact) mass is 591 g/mol. The molecular formula is C28H35Cl2N5O3S. The van der Waals surface area contributed by atoms with E-state index in [-0.39, 0.29) is 5.56 Å². The Balaban J connectivity index is 0.000000229. The zero-order chi connectivity index (χ0) is 27.9. The van der Waals surface area contributed by atoms with E-state index in [1.165, 1.54) is 24.2 Å². The first-order chi connectivity index (χ1) is 18.8. The van der Waals surface area contributed by atoms with Crippen molar-refractivity contribution in [2.24, 2.45) is 5.92 Å². The number of carbonyl (C=O) groups excluding carboxylic acids is 1. The highest BCUT2D eigenvalue weighted by molar-refractivity contribution is 7.82. The molecule has 2 fully saturated rings. The maximum atomic E-state index is 12.5. The summed E-state index contributed by atoms with van der Waals surface area (Å²) in [7, 11) is 0.860. The molecule has 2 heterocycles. The predicted molar refractivity (Wildman–Crippen MR) is 160 cm³/mol. The van der Waals surface area contributed by atoms with Gasteiger partial charge in [-0.2, -0.15) is 0 Å². The van der Waals surface area contributed by atoms with Gasteiger partial charge in [0.15, 0.2) is 0 Å². The van der Waals surface area contributed by atoms with Crippen LogP contribution in [-0.2, 0) is 28.9 Å². The second-order valence-electron chi connectivity index (χ2n) is 10.0. The van der Waals surface area contributed by atoms with Crippen LogP contribution in [0, 0.1) is 5.92 Å². The van der Waals surface area contributed by atoms with Gasteiger partial charge >= 0.3 is 0 Å². The molecule has 1 aromatic heterocycles. The Morgan fingerprint density at radius 3 is 2.44 bits per heavy atom. The van der Waals surface area contributed by atoms with Gasteiger partial charge in [-0.1, -0.05) is 35.7 Å². The van der Waals surface area contributed by atoms with Crippen LogP contribution >= 0.6 is 23.2 Å². The zero-order valence-electron chi connectivity index (χ0n) is 22.4. The van der Waals surface area contributed by atoms with Gasteiger partial charge in [0.1, 0.15) is 0 Å². The summed E-state index contributed by atoms with van der Waals surface area (Å²) < 4.78 is 16.2. The number of carbonyl (C=O) groups is 1. The van der Waals surface area contributed by atoms with Gasteiger partial charge in [-0.3, -0.25) is 14.2 Å². The van der Waals surface area contributed by atoms with Crippen LogP contribution in [-0.4, -0.2) is 68.4 Å². The lowest BCUT2D eigenvalue weighted by Gasteiger charge is -2.36. The summed E-state index contributed by atoms with van der Waals surface area (Å²) >= 11 is 11.5. The topological polar surface area (TPSA) is 78.8 Å². The molecule has 0 spiro atoms. The van der Waals surface area contributed by atoms with E-state index >= 15 is 0 Å². The molecule has 8 nitrogen and oxygen atoms in total. The van der Waals surface area contributed by atoms with E-state index in [0.717, 1.165) is 55.1 Å². The van der Waals surface area contributed by atoms with Gasteiger partial charge in [0, 0.05) is 57.8 Å². The third kappa shape index (κ3) is 7.60. The van der Waals surface area contributed by atoms with Crippen molar-refractivity contribution >= 4 is 57.2 Å². The van der Waals surface area contributed by atoms with Gasteiger partial charge in [0.25, 0.3) is 5.56 Å². The fraction of sp³-hybridized carbons (Fsp3) is 0.464. The molecule has 11 heteroatoms. The van der Waals surface area contributed by atoms with Crippen LogP contribution in [0.3, 0.4) is 0 Å². The van der Waals surface area contributed by atoms with E-state index in [0.29, 0.717) is 34.4 Å². The molecule has 1 saturated carbocycles. The first kappa shape index (κ1) is 29.5. The summed E-state index contributed by atoms with van der Waals surface area (Å²) in [6.07, 6.45) is 6.16. The number of rotatable bonds is 8. The van der Waals surface area contributed by atoms with Crippen molar-refractivity contribution in [3.63, 3.8) is 0 Å². The molecule has 2 aromatic carbocycles. The third-order valence-electron chi connectivity index (χ3n) is 7.24. The number of benzene rings is 2. The molecule has 1 unspecified atom stereocenters. The Labute approximate surface area is 242 Å². The number of piperazine rings is 1. The molecule has 1 aliphatic carbocycles. The first-order valence-electron chi connectivity index (χ1n) is 13.3. The van der Waals surface area contributed by atoms with E-state index in [9.17, 15) is 13.8 Å². The second-order valence-corrected chi connectivity index (χ2v) is 12.3. The van der Waals surface area contributed by atoms with E-state index < -0.39 is 11.0 Å². The minimum atomic E-state index is -0.843. The number of aromatic nitrogens is 2. The predicted octanol–water partition coefficient (Wildman–Crippen LogP) is 4.58. The van der Waals surface area contributed by atoms with Crippen LogP contribution in [0.2, 0.25) is 10.0 Å². The molecule has 0 radical (unpaired) electrons. The fourth-order valence-electron chi connectivity index (χ4n) is 4.65. The maximum absolute atomic E-state index is 12.5. The Kier molecular flexibility index (Phi) is 10.4. The number of anilines is 1. The SMILES string of the molecule is CCn1cnc2ccc(N3CCN(S(=O)CC4CCC4)CC3)cc2c1=O.CN(C=O)Cc1ccc(Cl)c(Cl)c1. The van der Waals surface area contributed by atoms with Crippen molar-refractivity contribution in [1.82, 2.24) is 18.8 Å². The van der Waals surface area contributed by atoms with Crippen molar-refractivity contribution in [3.05, 3.63) is 68.7 Å². The van der Waals surface area contributed by atoms with Gasteiger partial charge in [0.05, 0.1) is 38.3 Å². The summed E-state index contributed by atoms with van der Waals surface area (Å²) in [5.74, 6) is 1.50. The van der Waals surface area contributed by atoms with Crippen LogP contribution in [0.15, 0.2) is 47.5 Å². The summed E-state index contributed by atoms with van der Waals surface area (Å²) in [4.78, 5) is 31.0. The van der Waals surface area contributed by atoms with Gasteiger partial charge in [-0.15, -0.1) is 0 Å². The van der Waals surface area contributed by atoms with Crippen molar-refractivity contribution in [2.45, 2.75) is 39.3 Å². The van der Waals surface area contributed by atoms with Gasteiger partial charge in [-0.05, 0) is 61.6 Å². The highest BCUT2D eigenvalue weighted by Crippen LogP contribution is 2.28. The molecule has 1 atom stereocenters. The average Bonchev–Trinajstić information content (AvgIpc) is 2.93. The number of halogens is 2. The fourth-order valence-corrected chi connectivity index (χ4v) is 6.49. The molecule has 1 amide bonds. The normalized spacial score (nSPS) is 16.8. The molecule has 210 valence electrons. The molecule has 5 rings (SSSR count). The second kappa shape index (κ2) is 13.7. The van der Waals surface area contributed by atoms with Gasteiger partial charge < -0.3 is 9.80 Å². The Morgan fingerprint density at radius 2 is 1.82 bits per heavy atom. The summed E-state index contributed by atoms with van der Waals surface area (Å²) in [5.41, 5.74) is 2.77. The van der Waals surface area contributed by atoms with E-state index in [1.807, 2.05) is 31.2 Å². The smallest absolute Gasteiger partial charge is 0.261 e. The zero-order valence-corrected chi connectivity index (χ0v) is 24.7. The molecule has 0 bridgehead atoms. The maximum Gasteiger partial charge on any atom is 0.261 e. The van der Waals surface area contributed by atoms with Crippen LogP contribution < -0.4 is 10.5 Å². The number of fused-ring (bicyclic) bond motifs is 1. The molecular weight excluding hydrogens is 557 g/mol. The summed E-state index contributed by atoms with van der Waals surface area (Å²) in [5, 5.41) is 1.71. The van der Waals surface area contributed by atoms with E-state index in [2.05, 4.69) is 14.2 Å². The lowest BCUT2D eigenvalue weighted by Crippen LogP contribution is -2.48. The quantitative estimate of drug-likeness (QED) is 0.358. The Bertz CT molecular complexity index is 1370. The lowest BCUT2D eigenvalue weighted by molar-refractivity contribution is -0.117. The van der Waals surface area contributed by atoms with E-state index in [1.54, 1.807) is 30.1 Å². The lowest BCUT2D eigenvalue weighted by atomic mass is 9.87. The minimum Gasteiger partial charge on any atom is -0.369 e. The minimum absolute atomic E-state index is 0.0135. The Hall–Kier alpha value is -2.46. The largest absolute Gasteiger partial charge is 0.369 e. The summed E-state index contributed by atoms with van der Waals surface area (Å²) in [6.45, 7) is 6.40. The molecule has 39 heavy (non-hydrogen) atoms. The first-order valence-corrected chi connectivity index (χ1v) is 15.3. The molecule has 1 aliphatic heterocycles. The number of hydrogen-bond acceptors (Lipinski definition) is 5. The average molecular weight is 593 g/mol. The van der Waals surface area contributed by atoms with Crippen LogP contribution in [0.25, 0.3) is 10.9 Å². The highest BCUT2D eigenvalue weighted by atomic mass is 35.5. The molecule has 2 aliphatic rings. The number of nitrogens with zero attached hydrogens (tertiary/aromatic N) is 5. The number of hydrogen-bond donors (Lipinski definition) is 0. The Morgan fingerprint density at radius 1 is 1.08 bits per heavy atom. The number of amides is 1. The molecule has 0 N–H and O–H groups in total. The third-order valence-corrected chi connectivity index (χ3v) is 9.68. The van der Waals surface area contributed by atoms with Crippen molar-refractivity contribution < 1.29 is 9.00 Å². The number of aryl methyl sites for hydroxylation is 1. The van der Waals surface area contributed by atoms with Crippen LogP contribution in [0.1, 0.15) is 31.7 Å². The van der Waals surface area contributed by atoms with E-state index in [4.69, 9.17) is 23.2 Å². The van der Waals surface area contributed by atoms with Crippen LogP contribution in [0.4, 0.5) is 5.69 Å². The highest BCUT2D eigenvalue weighted by Gasteiger charge is 2.26. The standard InChI is InChI=1S/C19H26N4O2S.C9H9Cl2NO/c1-2-21-14-20-18-7-6-16(12-17(18)19(21)24)22-8-10-23(11-9-22)26(25)13-15-4-3-5-15;1-12(6-13)5-7-2-3-8(10)9(11)4-7/h6-7,12,14-15H,2-5,8-11,13H2,1H3;2-4,6H,5H2,1H3. The van der Waals surface area contributed by atoms with Gasteiger partial charge in [0.2, 0.25) is 6.41 Å². The molecule has 1 saturated heterocycles. The van der Waals surface area contributed by atoms with Gasteiger partial charge in [-0.25, -0.2) is 13.5 Å². The molecule has 3 aromatic rings.